The first-order valence-corrected chi connectivity index (χ1v) is 7.13. The van der Waals surface area contributed by atoms with Gasteiger partial charge in [-0.15, -0.1) is 0 Å². The highest BCUT2D eigenvalue weighted by Gasteiger charge is 2.15. The van der Waals surface area contributed by atoms with Crippen LogP contribution in [0, 0.1) is 0 Å². The van der Waals surface area contributed by atoms with Crippen LogP contribution >= 0.6 is 0 Å². The van der Waals surface area contributed by atoms with Gasteiger partial charge in [0, 0.05) is 17.8 Å². The van der Waals surface area contributed by atoms with E-state index >= 15 is 0 Å². The van der Waals surface area contributed by atoms with Gasteiger partial charge in [0.25, 0.3) is 0 Å². The van der Waals surface area contributed by atoms with Crippen LogP contribution < -0.4 is 10.5 Å². The minimum absolute atomic E-state index is 0.0851. The predicted octanol–water partition coefficient (Wildman–Crippen LogP) is 2.82. The van der Waals surface area contributed by atoms with Gasteiger partial charge in [-0.25, -0.2) is 4.98 Å². The van der Waals surface area contributed by atoms with E-state index < -0.39 is 0 Å². The van der Waals surface area contributed by atoms with Crippen LogP contribution in [0.15, 0.2) is 36.5 Å². The molecule has 1 aromatic carbocycles. The zero-order valence-corrected chi connectivity index (χ0v) is 11.8. The highest BCUT2D eigenvalue weighted by molar-refractivity contribution is 5.37. The summed E-state index contributed by atoms with van der Waals surface area (Å²) in [6.45, 7) is 0. The number of pyridine rings is 1. The van der Waals surface area contributed by atoms with Gasteiger partial charge in [-0.2, -0.15) is 0 Å². The first kappa shape index (κ1) is 13.1. The average Bonchev–Trinajstić information content (AvgIpc) is 2.94. The number of rotatable bonds is 4. The summed E-state index contributed by atoms with van der Waals surface area (Å²) in [5, 5.41) is 0. The molecule has 2 N–H and O–H groups in total. The third-order valence-electron chi connectivity index (χ3n) is 4.01. The molecule has 0 spiro atoms. The van der Waals surface area contributed by atoms with Crippen LogP contribution in [0.1, 0.15) is 34.7 Å². The summed E-state index contributed by atoms with van der Waals surface area (Å²) in [5.74, 6) is 0.626. The maximum atomic E-state index is 6.33. The van der Waals surface area contributed by atoms with Crippen molar-refractivity contribution in [3.8, 4) is 5.88 Å². The maximum absolute atomic E-state index is 6.33. The number of hydrogen-bond donors (Lipinski definition) is 1. The van der Waals surface area contributed by atoms with E-state index in [0.717, 1.165) is 12.0 Å². The third kappa shape index (κ3) is 2.54. The Morgan fingerprint density at radius 1 is 1.25 bits per heavy atom. The normalized spacial score (nSPS) is 14.9. The lowest BCUT2D eigenvalue weighted by molar-refractivity contribution is 0.388. The molecule has 0 radical (unpaired) electrons. The van der Waals surface area contributed by atoms with Crippen LogP contribution in [0.5, 0.6) is 5.88 Å². The number of hydrogen-bond acceptors (Lipinski definition) is 3. The second kappa shape index (κ2) is 5.63. The zero-order valence-electron chi connectivity index (χ0n) is 11.8. The number of ether oxygens (including phenoxy) is 1. The lowest BCUT2D eigenvalue weighted by Crippen LogP contribution is -2.15. The number of benzene rings is 1. The minimum Gasteiger partial charge on any atom is -0.481 e. The molecular formula is C17H20N2O. The lowest BCUT2D eigenvalue weighted by atomic mass is 9.98. The third-order valence-corrected chi connectivity index (χ3v) is 4.01. The molecule has 20 heavy (non-hydrogen) atoms. The topological polar surface area (TPSA) is 48.1 Å². The average molecular weight is 268 g/mol. The number of nitrogens with two attached hydrogens (primary N) is 1. The van der Waals surface area contributed by atoms with E-state index in [4.69, 9.17) is 10.5 Å². The van der Waals surface area contributed by atoms with Crippen molar-refractivity contribution < 1.29 is 4.74 Å². The lowest BCUT2D eigenvalue weighted by Gasteiger charge is -2.15. The molecule has 0 amide bonds. The van der Waals surface area contributed by atoms with Gasteiger partial charge >= 0.3 is 0 Å². The zero-order chi connectivity index (χ0) is 13.9. The molecule has 1 heterocycles. The van der Waals surface area contributed by atoms with Crippen molar-refractivity contribution in [2.75, 3.05) is 7.11 Å². The Balaban J connectivity index is 1.80. The number of nitrogens with zero attached hydrogens (tertiary/aromatic N) is 1. The Labute approximate surface area is 119 Å². The fraction of sp³-hybridized carbons (Fsp3) is 0.353. The highest BCUT2D eigenvalue weighted by atomic mass is 16.5. The van der Waals surface area contributed by atoms with Gasteiger partial charge in [0.1, 0.15) is 0 Å². The van der Waals surface area contributed by atoms with Crippen molar-refractivity contribution in [2.24, 2.45) is 5.73 Å². The fourth-order valence-electron chi connectivity index (χ4n) is 2.97. The van der Waals surface area contributed by atoms with Gasteiger partial charge in [0.2, 0.25) is 5.88 Å². The molecule has 0 fully saturated rings. The van der Waals surface area contributed by atoms with Crippen molar-refractivity contribution >= 4 is 0 Å². The van der Waals surface area contributed by atoms with Crippen LogP contribution in [0.3, 0.4) is 0 Å². The molecule has 1 atom stereocenters. The predicted molar refractivity (Wildman–Crippen MR) is 79.9 cm³/mol. The summed E-state index contributed by atoms with van der Waals surface area (Å²) in [6, 6.07) is 10.6. The monoisotopic (exact) mass is 268 g/mol. The van der Waals surface area contributed by atoms with Gasteiger partial charge in [-0.3, -0.25) is 0 Å². The summed E-state index contributed by atoms with van der Waals surface area (Å²) in [6.07, 6.45) is 6.24. The first-order valence-electron chi connectivity index (χ1n) is 7.13. The molecule has 0 aliphatic heterocycles. The molecule has 0 bridgehead atoms. The molecular weight excluding hydrogens is 248 g/mol. The van der Waals surface area contributed by atoms with E-state index in [9.17, 15) is 0 Å². The number of methoxy groups -OCH3 is 1. The molecule has 1 aliphatic rings. The Hall–Kier alpha value is -1.87. The first-order chi connectivity index (χ1) is 9.78. The number of aryl methyl sites for hydroxylation is 2. The molecule has 3 nitrogen and oxygen atoms in total. The van der Waals surface area contributed by atoms with Crippen molar-refractivity contribution in [1.29, 1.82) is 0 Å². The summed E-state index contributed by atoms with van der Waals surface area (Å²) in [4.78, 5) is 4.22. The van der Waals surface area contributed by atoms with Crippen LogP contribution in [0.4, 0.5) is 0 Å². The highest BCUT2D eigenvalue weighted by Crippen LogP contribution is 2.27. The van der Waals surface area contributed by atoms with Crippen molar-refractivity contribution in [1.82, 2.24) is 4.98 Å². The van der Waals surface area contributed by atoms with Gasteiger partial charge in [0.15, 0.2) is 0 Å². The van der Waals surface area contributed by atoms with Crippen molar-refractivity contribution in [2.45, 2.75) is 31.7 Å². The van der Waals surface area contributed by atoms with Gasteiger partial charge in [-0.1, -0.05) is 24.3 Å². The molecule has 1 aliphatic carbocycles. The van der Waals surface area contributed by atoms with Crippen LogP contribution in [-0.2, 0) is 19.3 Å². The molecule has 1 aromatic heterocycles. The van der Waals surface area contributed by atoms with Crippen LogP contribution in [0.25, 0.3) is 0 Å². The van der Waals surface area contributed by atoms with E-state index in [1.807, 2.05) is 12.1 Å². The Morgan fingerprint density at radius 2 is 2.10 bits per heavy atom. The van der Waals surface area contributed by atoms with Gasteiger partial charge in [0.05, 0.1) is 7.11 Å². The Bertz CT molecular complexity index is 610. The maximum Gasteiger partial charge on any atom is 0.217 e. The second-order valence-corrected chi connectivity index (χ2v) is 5.37. The minimum atomic E-state index is -0.0851. The second-order valence-electron chi connectivity index (χ2n) is 5.37. The Kier molecular flexibility index (Phi) is 3.70. The van der Waals surface area contributed by atoms with Crippen molar-refractivity contribution in [3.05, 3.63) is 58.8 Å². The van der Waals surface area contributed by atoms with Gasteiger partial charge in [-0.05, 0) is 48.4 Å². The fourth-order valence-corrected chi connectivity index (χ4v) is 2.97. The molecule has 0 saturated heterocycles. The van der Waals surface area contributed by atoms with Crippen molar-refractivity contribution in [3.63, 3.8) is 0 Å². The summed E-state index contributed by atoms with van der Waals surface area (Å²) >= 11 is 0. The summed E-state index contributed by atoms with van der Waals surface area (Å²) in [5.41, 5.74) is 11.6. The molecule has 104 valence electrons. The summed E-state index contributed by atoms with van der Waals surface area (Å²) < 4.78 is 5.29. The van der Waals surface area contributed by atoms with E-state index in [1.165, 1.54) is 36.0 Å². The SMILES string of the molecule is COc1ncccc1C(N)Cc1ccc2c(c1)CCC2. The summed E-state index contributed by atoms with van der Waals surface area (Å²) in [7, 11) is 1.63. The number of fused-ring (bicyclic) bond motifs is 1. The standard InChI is InChI=1S/C17H20N2O/c1-20-17-15(6-3-9-19-17)16(18)11-12-7-8-13-4-2-5-14(13)10-12/h3,6-10,16H,2,4-5,11,18H2,1H3. The largest absolute Gasteiger partial charge is 0.481 e. The Morgan fingerprint density at radius 3 is 2.95 bits per heavy atom. The molecule has 3 rings (SSSR count). The smallest absolute Gasteiger partial charge is 0.217 e. The van der Waals surface area contributed by atoms with Crippen LogP contribution in [-0.4, -0.2) is 12.1 Å². The van der Waals surface area contributed by atoms with E-state index in [1.54, 1.807) is 13.3 Å². The number of aromatic nitrogens is 1. The van der Waals surface area contributed by atoms with E-state index in [-0.39, 0.29) is 6.04 Å². The van der Waals surface area contributed by atoms with Gasteiger partial charge < -0.3 is 10.5 Å². The van der Waals surface area contributed by atoms with Crippen LogP contribution in [0.2, 0.25) is 0 Å². The molecule has 1 unspecified atom stereocenters. The van der Waals surface area contributed by atoms with E-state index in [0.29, 0.717) is 5.88 Å². The van der Waals surface area contributed by atoms with E-state index in [2.05, 4.69) is 23.2 Å². The molecule has 3 heteroatoms. The molecule has 0 saturated carbocycles. The molecule has 2 aromatic rings. The quantitative estimate of drug-likeness (QED) is 0.927.